The number of aromatic hydroxyl groups is 1. The van der Waals surface area contributed by atoms with Crippen molar-refractivity contribution in [2.24, 2.45) is 5.73 Å². The third kappa shape index (κ3) is 4.73. The van der Waals surface area contributed by atoms with Gasteiger partial charge in [0.05, 0.1) is 6.61 Å². The van der Waals surface area contributed by atoms with Crippen LogP contribution in [0, 0.1) is 0 Å². The summed E-state index contributed by atoms with van der Waals surface area (Å²) in [5.41, 5.74) is 8.26. The molecule has 1 aromatic rings. The number of carbonyl (C=O) groups excluding carboxylic acids is 1. The van der Waals surface area contributed by atoms with E-state index >= 15 is 0 Å². The molecule has 1 heterocycles. The van der Waals surface area contributed by atoms with Crippen LogP contribution < -0.4 is 5.73 Å². The van der Waals surface area contributed by atoms with E-state index in [1.54, 1.807) is 0 Å². The highest BCUT2D eigenvalue weighted by molar-refractivity contribution is 5.79. The van der Waals surface area contributed by atoms with Gasteiger partial charge in [-0.3, -0.25) is 9.69 Å². The molecule has 5 nitrogen and oxygen atoms in total. The fourth-order valence-electron chi connectivity index (χ4n) is 3.08. The summed E-state index contributed by atoms with van der Waals surface area (Å²) in [6, 6.07) is 4.20. The summed E-state index contributed by atoms with van der Waals surface area (Å²) in [6.07, 6.45) is -0.580. The molecule has 2 rings (SSSR count). The van der Waals surface area contributed by atoms with E-state index in [0.717, 1.165) is 11.1 Å². The fourth-order valence-corrected chi connectivity index (χ4v) is 3.08. The summed E-state index contributed by atoms with van der Waals surface area (Å²) in [6.45, 7) is 15.1. The number of ether oxygens (including phenoxy) is 1. The summed E-state index contributed by atoms with van der Waals surface area (Å²) < 4.78 is 5.41. The molecule has 0 spiro atoms. The molecule has 1 fully saturated rings. The number of nitrogens with two attached hydrogens (primary N) is 1. The first kappa shape index (κ1) is 19.7. The van der Waals surface area contributed by atoms with Crippen LogP contribution in [-0.4, -0.2) is 41.7 Å². The lowest BCUT2D eigenvalue weighted by Gasteiger charge is -2.33. The van der Waals surface area contributed by atoms with Crippen molar-refractivity contribution in [3.8, 4) is 5.75 Å². The maximum absolute atomic E-state index is 11.4. The molecule has 3 N–H and O–H groups in total. The molecule has 1 aliphatic heterocycles. The maximum atomic E-state index is 11.4. The number of hydrogen-bond donors (Lipinski definition) is 2. The first-order valence-corrected chi connectivity index (χ1v) is 8.89. The van der Waals surface area contributed by atoms with Crippen molar-refractivity contribution in [1.29, 1.82) is 0 Å². The monoisotopic (exact) mass is 348 g/mol. The Morgan fingerprint density at radius 2 is 1.88 bits per heavy atom. The number of amides is 1. The third-order valence-corrected chi connectivity index (χ3v) is 4.72. The lowest BCUT2D eigenvalue weighted by atomic mass is 9.79. The van der Waals surface area contributed by atoms with Gasteiger partial charge in [0.15, 0.2) is 0 Å². The molecule has 1 aromatic carbocycles. The zero-order valence-corrected chi connectivity index (χ0v) is 16.3. The molecule has 25 heavy (non-hydrogen) atoms. The molecule has 0 bridgehead atoms. The smallest absolute Gasteiger partial charge is 0.247 e. The second-order valence-electron chi connectivity index (χ2n) is 9.03. The van der Waals surface area contributed by atoms with Gasteiger partial charge in [0.2, 0.25) is 5.91 Å². The molecule has 0 unspecified atom stereocenters. The quantitative estimate of drug-likeness (QED) is 0.880. The van der Waals surface area contributed by atoms with Gasteiger partial charge in [0.1, 0.15) is 11.9 Å². The van der Waals surface area contributed by atoms with Crippen LogP contribution in [0.3, 0.4) is 0 Å². The van der Waals surface area contributed by atoms with E-state index in [-0.39, 0.29) is 10.8 Å². The molecule has 1 amide bonds. The van der Waals surface area contributed by atoms with Crippen LogP contribution in [0.25, 0.3) is 0 Å². The van der Waals surface area contributed by atoms with Crippen molar-refractivity contribution >= 4 is 5.91 Å². The van der Waals surface area contributed by atoms with Gasteiger partial charge in [-0.25, -0.2) is 0 Å². The number of carbonyl (C=O) groups is 1. The minimum absolute atomic E-state index is 0.0107. The summed E-state index contributed by atoms with van der Waals surface area (Å²) in [7, 11) is 0. The van der Waals surface area contributed by atoms with Crippen molar-refractivity contribution in [3.05, 3.63) is 28.8 Å². The van der Waals surface area contributed by atoms with Crippen LogP contribution in [0.5, 0.6) is 5.75 Å². The molecule has 5 heteroatoms. The van der Waals surface area contributed by atoms with Crippen molar-refractivity contribution in [2.75, 3.05) is 19.7 Å². The molecular formula is C20H32N2O3. The van der Waals surface area contributed by atoms with E-state index in [2.05, 4.69) is 58.6 Å². The molecule has 0 saturated carbocycles. The zero-order valence-electron chi connectivity index (χ0n) is 16.3. The third-order valence-electron chi connectivity index (χ3n) is 4.72. The molecule has 0 aliphatic carbocycles. The van der Waals surface area contributed by atoms with Gasteiger partial charge in [-0.15, -0.1) is 0 Å². The van der Waals surface area contributed by atoms with Gasteiger partial charge >= 0.3 is 0 Å². The van der Waals surface area contributed by atoms with Gasteiger partial charge in [0, 0.05) is 25.2 Å². The Balaban J connectivity index is 2.38. The Labute approximate surface area is 151 Å². The lowest BCUT2D eigenvalue weighted by Crippen LogP contribution is -2.47. The molecule has 1 aliphatic rings. The largest absolute Gasteiger partial charge is 0.507 e. The first-order chi connectivity index (χ1) is 11.4. The van der Waals surface area contributed by atoms with Crippen LogP contribution in [0.1, 0.15) is 58.2 Å². The minimum Gasteiger partial charge on any atom is -0.507 e. The Morgan fingerprint density at radius 3 is 2.40 bits per heavy atom. The van der Waals surface area contributed by atoms with Crippen LogP contribution in [0.15, 0.2) is 12.1 Å². The second-order valence-corrected chi connectivity index (χ2v) is 9.03. The lowest BCUT2D eigenvalue weighted by molar-refractivity contribution is -0.135. The van der Waals surface area contributed by atoms with E-state index in [4.69, 9.17) is 10.5 Å². The van der Waals surface area contributed by atoms with Crippen molar-refractivity contribution in [2.45, 2.75) is 65.0 Å². The highest BCUT2D eigenvalue weighted by Gasteiger charge is 2.28. The number of morpholine rings is 1. The van der Waals surface area contributed by atoms with E-state index in [9.17, 15) is 9.90 Å². The van der Waals surface area contributed by atoms with Crippen LogP contribution in [-0.2, 0) is 26.9 Å². The van der Waals surface area contributed by atoms with Crippen LogP contribution in [0.4, 0.5) is 0 Å². The number of phenolic OH excluding ortho intramolecular Hbond substituents is 1. The SMILES string of the molecule is CC(C)(C)c1cc(CN2CCO[C@@H](C(N)=O)C2)c(O)c(C(C)(C)C)c1. The molecule has 1 atom stereocenters. The number of hydrogen-bond acceptors (Lipinski definition) is 4. The van der Waals surface area contributed by atoms with Crippen LogP contribution in [0.2, 0.25) is 0 Å². The Bertz CT molecular complexity index is 642. The van der Waals surface area contributed by atoms with Crippen molar-refractivity contribution < 1.29 is 14.6 Å². The average Bonchev–Trinajstić information content (AvgIpc) is 2.47. The Hall–Kier alpha value is -1.59. The summed E-state index contributed by atoms with van der Waals surface area (Å²) in [4.78, 5) is 13.5. The van der Waals surface area contributed by atoms with Crippen molar-refractivity contribution in [3.63, 3.8) is 0 Å². The average molecular weight is 348 g/mol. The van der Waals surface area contributed by atoms with Gasteiger partial charge in [-0.1, -0.05) is 53.7 Å². The molecular weight excluding hydrogens is 316 g/mol. The van der Waals surface area contributed by atoms with Gasteiger partial charge in [-0.05, 0) is 22.0 Å². The predicted molar refractivity (Wildman–Crippen MR) is 99.7 cm³/mol. The van der Waals surface area contributed by atoms with Crippen LogP contribution >= 0.6 is 0 Å². The second kappa shape index (κ2) is 6.96. The molecule has 140 valence electrons. The molecule has 0 aromatic heterocycles. The van der Waals surface area contributed by atoms with E-state index < -0.39 is 12.0 Å². The van der Waals surface area contributed by atoms with E-state index in [1.807, 2.05) is 0 Å². The highest BCUT2D eigenvalue weighted by Crippen LogP contribution is 2.38. The predicted octanol–water partition coefficient (Wildman–Crippen LogP) is 2.67. The van der Waals surface area contributed by atoms with Crippen molar-refractivity contribution in [1.82, 2.24) is 4.90 Å². The normalized spacial score (nSPS) is 19.8. The first-order valence-electron chi connectivity index (χ1n) is 8.89. The number of nitrogens with zero attached hydrogens (tertiary/aromatic N) is 1. The number of rotatable bonds is 3. The molecule has 1 saturated heterocycles. The van der Waals surface area contributed by atoms with Gasteiger partial charge in [-0.2, -0.15) is 0 Å². The Kier molecular flexibility index (Phi) is 5.50. The minimum atomic E-state index is -0.580. The standard InChI is InChI=1S/C20H32N2O3/c1-19(2,3)14-9-13(17(23)15(10-14)20(4,5)6)11-22-7-8-25-16(12-22)18(21)24/h9-10,16,23H,7-8,11-12H2,1-6H3,(H2,21,24)/t16-/m1/s1. The van der Waals surface area contributed by atoms with Gasteiger partial charge in [0.25, 0.3) is 0 Å². The molecule has 0 radical (unpaired) electrons. The maximum Gasteiger partial charge on any atom is 0.247 e. The summed E-state index contributed by atoms with van der Waals surface area (Å²) in [5.74, 6) is -0.0876. The zero-order chi connectivity index (χ0) is 19.0. The highest BCUT2D eigenvalue weighted by atomic mass is 16.5. The number of phenols is 1. The van der Waals surface area contributed by atoms with E-state index in [1.165, 1.54) is 5.56 Å². The summed E-state index contributed by atoms with van der Waals surface area (Å²) >= 11 is 0. The Morgan fingerprint density at radius 1 is 1.24 bits per heavy atom. The number of primary amides is 1. The topological polar surface area (TPSA) is 75.8 Å². The van der Waals surface area contributed by atoms with Gasteiger partial charge < -0.3 is 15.6 Å². The fraction of sp³-hybridized carbons (Fsp3) is 0.650. The van der Waals surface area contributed by atoms with E-state index in [0.29, 0.717) is 32.0 Å². The number of benzene rings is 1. The summed E-state index contributed by atoms with van der Waals surface area (Å²) in [5, 5.41) is 10.9.